The van der Waals surface area contributed by atoms with Crippen LogP contribution in [-0.2, 0) is 32.7 Å². The first-order chi connectivity index (χ1) is 14.6. The van der Waals surface area contributed by atoms with Crippen molar-refractivity contribution < 1.29 is 34.2 Å². The van der Waals surface area contributed by atoms with Crippen LogP contribution in [0, 0.1) is 19.2 Å². The van der Waals surface area contributed by atoms with Crippen LogP contribution in [0.15, 0.2) is 54.6 Å². The molecule has 0 spiro atoms. The van der Waals surface area contributed by atoms with Gasteiger partial charge in [-0.1, -0.05) is 30.5 Å². The van der Waals surface area contributed by atoms with Gasteiger partial charge in [-0.3, -0.25) is 15.1 Å². The monoisotopic (exact) mass is 616 g/mol. The largest absolute Gasteiger partial charge is 2.00 e. The normalized spacial score (nSPS) is 11.8. The zero-order valence-corrected chi connectivity index (χ0v) is 19.7. The van der Waals surface area contributed by atoms with Crippen molar-refractivity contribution in [2.24, 2.45) is 0 Å². The van der Waals surface area contributed by atoms with E-state index in [1.54, 1.807) is 18.2 Å². The summed E-state index contributed by atoms with van der Waals surface area (Å²) in [4.78, 5) is 13.8. The van der Waals surface area contributed by atoms with Gasteiger partial charge in [-0.15, -0.1) is 12.1 Å². The Hall–Kier alpha value is -2.86. The number of hydrogen-bond acceptors (Lipinski definition) is 4. The summed E-state index contributed by atoms with van der Waals surface area (Å²) in [5, 5.41) is 3.56. The molecule has 0 aliphatic heterocycles. The Labute approximate surface area is 198 Å². The fraction of sp³-hybridized carbons (Fsp3) is 0.217. The van der Waals surface area contributed by atoms with E-state index in [9.17, 15) is 13.2 Å². The van der Waals surface area contributed by atoms with Crippen LogP contribution >= 0.6 is 0 Å². The minimum Gasteiger partial charge on any atom is -0.343 e. The molecule has 5 nitrogen and oxygen atoms in total. The molecule has 0 aliphatic carbocycles. The van der Waals surface area contributed by atoms with E-state index in [0.717, 1.165) is 22.1 Å². The molecule has 166 valence electrons. The zero-order chi connectivity index (χ0) is 22.2. The third-order valence-corrected chi connectivity index (χ3v) is 4.88. The maximum absolute atomic E-state index is 12.9. The van der Waals surface area contributed by atoms with Crippen LogP contribution in [0.5, 0.6) is 0 Å². The van der Waals surface area contributed by atoms with Crippen molar-refractivity contribution in [1.82, 2.24) is 24.7 Å². The molecule has 0 atom stereocenters. The number of pyridine rings is 3. The van der Waals surface area contributed by atoms with Gasteiger partial charge >= 0.3 is 27.2 Å². The predicted molar refractivity (Wildman–Crippen MR) is 108 cm³/mol. The number of aryl methyl sites for hydroxylation is 1. The molecular weight excluding hydrogens is 598 g/mol. The molecule has 0 bridgehead atoms. The van der Waals surface area contributed by atoms with Gasteiger partial charge in [0.25, 0.3) is 0 Å². The molecule has 0 aliphatic rings. The second-order valence-electron chi connectivity index (χ2n) is 7.56. The summed E-state index contributed by atoms with van der Waals surface area (Å²) in [5.41, 5.74) is 1.92. The Morgan fingerprint density at radius 2 is 1.56 bits per heavy atom. The van der Waals surface area contributed by atoms with Gasteiger partial charge in [0.15, 0.2) is 0 Å². The van der Waals surface area contributed by atoms with E-state index < -0.39 is 17.3 Å². The molecule has 0 saturated carbocycles. The average molecular weight is 617 g/mol. The fourth-order valence-electron chi connectivity index (χ4n) is 3.10. The molecule has 4 rings (SSSR count). The van der Waals surface area contributed by atoms with Crippen LogP contribution < -0.4 is 0 Å². The van der Waals surface area contributed by atoms with E-state index in [-0.39, 0.29) is 26.9 Å². The van der Waals surface area contributed by atoms with Gasteiger partial charge in [-0.2, -0.15) is 25.3 Å². The van der Waals surface area contributed by atoms with Gasteiger partial charge in [0.05, 0.1) is 11.5 Å². The summed E-state index contributed by atoms with van der Waals surface area (Å²) in [6, 6.07) is 18.3. The molecule has 0 aromatic carbocycles. The molecule has 4 aromatic heterocycles. The van der Waals surface area contributed by atoms with E-state index in [1.165, 1.54) is 0 Å². The standard InChI is InChI=1S/C23H18F3N5.Pt/c1-15-7-4-8-16(27-15)17-9-5-10-18(28-17)22(2,3)19-11-6-12-21(29-19)31-14-13-20(30-31)23(24,25)26;/h4-7,9-13H,1-3H3;/q-2;+2. The third-order valence-electron chi connectivity index (χ3n) is 4.88. The minimum absolute atomic E-state index is 0. The maximum atomic E-state index is 12.9. The van der Waals surface area contributed by atoms with Crippen LogP contribution in [0.4, 0.5) is 13.2 Å². The fourth-order valence-corrected chi connectivity index (χ4v) is 3.10. The molecule has 0 fully saturated rings. The molecule has 4 aromatic rings. The van der Waals surface area contributed by atoms with Crippen molar-refractivity contribution in [1.29, 1.82) is 0 Å². The van der Waals surface area contributed by atoms with Crippen molar-refractivity contribution in [2.45, 2.75) is 32.4 Å². The van der Waals surface area contributed by atoms with E-state index >= 15 is 0 Å². The van der Waals surface area contributed by atoms with Gasteiger partial charge in [0.2, 0.25) is 0 Å². The van der Waals surface area contributed by atoms with Gasteiger partial charge < -0.3 is 9.67 Å². The Balaban J connectivity index is 0.00000289. The molecule has 0 N–H and O–H groups in total. The number of nitrogens with zero attached hydrogens (tertiary/aromatic N) is 5. The smallest absolute Gasteiger partial charge is 0.343 e. The van der Waals surface area contributed by atoms with Crippen LogP contribution in [0.2, 0.25) is 0 Å². The van der Waals surface area contributed by atoms with Crippen molar-refractivity contribution in [2.75, 3.05) is 0 Å². The summed E-state index contributed by atoms with van der Waals surface area (Å²) in [6.45, 7) is 5.80. The first-order valence-electron chi connectivity index (χ1n) is 9.51. The third kappa shape index (κ3) is 4.80. The summed E-state index contributed by atoms with van der Waals surface area (Å²) in [7, 11) is 0. The SMILES string of the molecule is Cc1cc[c-]c(-c2cccc(C(C)(C)c3cccc(-n4[c-]cc(C(F)(F)F)n4)n3)n2)n1.[Pt+2]. The average Bonchev–Trinajstić information content (AvgIpc) is 3.25. The first kappa shape index (κ1) is 23.8. The van der Waals surface area contributed by atoms with E-state index in [4.69, 9.17) is 4.98 Å². The Bertz CT molecular complexity index is 1230. The number of hydrogen-bond donors (Lipinski definition) is 0. The van der Waals surface area contributed by atoms with E-state index in [2.05, 4.69) is 27.3 Å². The van der Waals surface area contributed by atoms with Gasteiger partial charge in [0.1, 0.15) is 0 Å². The maximum Gasteiger partial charge on any atom is 2.00 e. The van der Waals surface area contributed by atoms with Gasteiger partial charge in [0, 0.05) is 16.8 Å². The van der Waals surface area contributed by atoms with Crippen molar-refractivity contribution in [3.05, 3.63) is 89.6 Å². The molecule has 0 unspecified atom stereocenters. The van der Waals surface area contributed by atoms with Crippen LogP contribution in [0.1, 0.15) is 36.6 Å². The second kappa shape index (κ2) is 8.94. The summed E-state index contributed by atoms with van der Waals surface area (Å²) in [5.74, 6) is 0.242. The van der Waals surface area contributed by atoms with Crippen LogP contribution in [0.25, 0.3) is 17.2 Å². The topological polar surface area (TPSA) is 56.5 Å². The number of alkyl halides is 3. The number of rotatable bonds is 4. The first-order valence-corrected chi connectivity index (χ1v) is 9.51. The second-order valence-corrected chi connectivity index (χ2v) is 7.56. The van der Waals surface area contributed by atoms with E-state index in [1.807, 2.05) is 51.1 Å². The summed E-state index contributed by atoms with van der Waals surface area (Å²) < 4.78 is 39.6. The zero-order valence-electron chi connectivity index (χ0n) is 17.4. The van der Waals surface area contributed by atoms with Crippen LogP contribution in [-0.4, -0.2) is 24.7 Å². The Kier molecular flexibility index (Phi) is 6.65. The molecule has 32 heavy (non-hydrogen) atoms. The molecule has 0 radical (unpaired) electrons. The Morgan fingerprint density at radius 1 is 0.875 bits per heavy atom. The molecule has 0 amide bonds. The van der Waals surface area contributed by atoms with Crippen molar-refractivity contribution in [3.63, 3.8) is 0 Å². The molecule has 0 saturated heterocycles. The summed E-state index contributed by atoms with van der Waals surface area (Å²) >= 11 is 0. The van der Waals surface area contributed by atoms with Crippen molar-refractivity contribution >= 4 is 0 Å². The Morgan fingerprint density at radius 3 is 2.22 bits per heavy atom. The van der Waals surface area contributed by atoms with Crippen LogP contribution in [0.3, 0.4) is 0 Å². The predicted octanol–water partition coefficient (Wildman–Crippen LogP) is 4.98. The quantitative estimate of drug-likeness (QED) is 0.304. The van der Waals surface area contributed by atoms with Gasteiger partial charge in [-0.05, 0) is 50.0 Å². The molecule has 4 heterocycles. The number of halogens is 3. The molecule has 9 heteroatoms. The minimum atomic E-state index is -4.54. The number of aromatic nitrogens is 5. The van der Waals surface area contributed by atoms with Crippen molar-refractivity contribution in [3.8, 4) is 17.2 Å². The molecular formula is C23H18F3N5Pt. The van der Waals surface area contributed by atoms with E-state index in [0.29, 0.717) is 17.1 Å². The van der Waals surface area contributed by atoms with Gasteiger partial charge in [-0.25, -0.2) is 0 Å². The summed E-state index contributed by atoms with van der Waals surface area (Å²) in [6.07, 6.45) is -2.06.